The molecule has 0 bridgehead atoms. The van der Waals surface area contributed by atoms with E-state index in [1.165, 1.54) is 0 Å². The Balaban J connectivity index is 1.74. The second-order valence-corrected chi connectivity index (χ2v) is 6.52. The molecule has 142 valence electrons. The van der Waals surface area contributed by atoms with E-state index in [0.29, 0.717) is 23.6 Å². The van der Waals surface area contributed by atoms with Crippen LogP contribution in [0.5, 0.6) is 5.75 Å². The third-order valence-corrected chi connectivity index (χ3v) is 4.32. The summed E-state index contributed by atoms with van der Waals surface area (Å²) in [5.74, 6) is -0.927. The summed E-state index contributed by atoms with van der Waals surface area (Å²) in [6, 6.07) is 21.3. The van der Waals surface area contributed by atoms with Crippen LogP contribution in [0.15, 0.2) is 72.8 Å². The Labute approximate surface area is 167 Å². The van der Waals surface area contributed by atoms with Gasteiger partial charge in [0.05, 0.1) is 11.4 Å². The van der Waals surface area contributed by atoms with Crippen LogP contribution in [0.4, 0.5) is 5.69 Å². The maximum Gasteiger partial charge on any atom is 0.307 e. The number of halogens is 1. The molecule has 0 unspecified atom stereocenters. The number of hydrogen-bond donors (Lipinski definition) is 2. The van der Waals surface area contributed by atoms with Crippen LogP contribution < -0.4 is 10.1 Å². The molecule has 3 aromatic carbocycles. The van der Waals surface area contributed by atoms with Gasteiger partial charge in [-0.1, -0.05) is 60.1 Å². The average molecular weight is 396 g/mol. The van der Waals surface area contributed by atoms with Crippen molar-refractivity contribution in [1.82, 2.24) is 0 Å². The summed E-state index contributed by atoms with van der Waals surface area (Å²) in [5, 5.41) is 11.9. The largest absolute Gasteiger partial charge is 0.488 e. The molecular formula is C22H18ClNO4. The molecule has 5 nitrogen and oxygen atoms in total. The first-order chi connectivity index (χ1) is 13.5. The van der Waals surface area contributed by atoms with E-state index in [0.717, 1.165) is 5.56 Å². The normalized spacial score (nSPS) is 10.3. The highest BCUT2D eigenvalue weighted by Crippen LogP contribution is 2.28. The molecule has 28 heavy (non-hydrogen) atoms. The molecule has 0 atom stereocenters. The number of nitrogens with one attached hydrogen (secondary N) is 1. The number of benzene rings is 3. The van der Waals surface area contributed by atoms with Crippen molar-refractivity contribution in [3.05, 3.63) is 94.5 Å². The van der Waals surface area contributed by atoms with Crippen molar-refractivity contribution in [2.45, 2.75) is 13.0 Å². The second-order valence-electron chi connectivity index (χ2n) is 6.11. The molecule has 0 aliphatic carbocycles. The number of carbonyl (C=O) groups excluding carboxylic acids is 1. The van der Waals surface area contributed by atoms with E-state index < -0.39 is 11.9 Å². The number of carbonyl (C=O) groups is 2. The lowest BCUT2D eigenvalue weighted by molar-refractivity contribution is -0.136. The number of anilines is 1. The van der Waals surface area contributed by atoms with Crippen molar-refractivity contribution in [2.24, 2.45) is 0 Å². The minimum atomic E-state index is -0.909. The molecule has 0 aliphatic rings. The van der Waals surface area contributed by atoms with Crippen LogP contribution in [-0.4, -0.2) is 17.0 Å². The van der Waals surface area contributed by atoms with Crippen LogP contribution in [0.2, 0.25) is 5.02 Å². The van der Waals surface area contributed by atoms with Crippen LogP contribution in [0.25, 0.3) is 0 Å². The molecule has 3 rings (SSSR count). The van der Waals surface area contributed by atoms with Crippen LogP contribution in [0.1, 0.15) is 21.5 Å². The second kappa shape index (κ2) is 9.06. The summed E-state index contributed by atoms with van der Waals surface area (Å²) in [6.45, 7) is 0.311. The van der Waals surface area contributed by atoms with Gasteiger partial charge in [-0.25, -0.2) is 0 Å². The van der Waals surface area contributed by atoms with Crippen molar-refractivity contribution in [3.8, 4) is 5.75 Å². The summed E-state index contributed by atoms with van der Waals surface area (Å²) in [5.41, 5.74) is 2.40. The smallest absolute Gasteiger partial charge is 0.307 e. The minimum absolute atomic E-state index is 0.0732. The van der Waals surface area contributed by atoms with E-state index in [1.807, 2.05) is 30.3 Å². The van der Waals surface area contributed by atoms with Gasteiger partial charge < -0.3 is 15.2 Å². The van der Waals surface area contributed by atoms with E-state index >= 15 is 0 Å². The summed E-state index contributed by atoms with van der Waals surface area (Å²) in [7, 11) is 0. The quantitative estimate of drug-likeness (QED) is 0.602. The Morgan fingerprint density at radius 1 is 0.893 bits per heavy atom. The molecule has 0 aliphatic heterocycles. The Bertz CT molecular complexity index is 972. The van der Waals surface area contributed by atoms with Gasteiger partial charge in [-0.05, 0) is 35.4 Å². The van der Waals surface area contributed by atoms with Crippen LogP contribution >= 0.6 is 11.6 Å². The van der Waals surface area contributed by atoms with E-state index in [4.69, 9.17) is 21.4 Å². The topological polar surface area (TPSA) is 75.6 Å². The zero-order valence-corrected chi connectivity index (χ0v) is 15.6. The van der Waals surface area contributed by atoms with Gasteiger partial charge in [-0.3, -0.25) is 9.59 Å². The van der Waals surface area contributed by atoms with Gasteiger partial charge >= 0.3 is 5.97 Å². The molecular weight excluding hydrogens is 378 g/mol. The molecule has 0 fully saturated rings. The highest BCUT2D eigenvalue weighted by Gasteiger charge is 2.17. The molecule has 1 amide bonds. The Morgan fingerprint density at radius 3 is 2.29 bits per heavy atom. The lowest BCUT2D eigenvalue weighted by atomic mass is 10.1. The third kappa shape index (κ3) is 5.11. The molecule has 0 spiro atoms. The first-order valence-corrected chi connectivity index (χ1v) is 8.98. The molecule has 0 heterocycles. The standard InChI is InChI=1S/C22H18ClNO4/c23-18-7-4-8-19(28-14-16-5-2-1-3-6-16)21(18)22(27)24-17-11-9-15(10-12-17)13-20(25)26/h1-12H,13-14H2,(H,24,27)(H,25,26). The number of carboxylic acid groups (broad SMARTS) is 1. The van der Waals surface area contributed by atoms with Crippen molar-refractivity contribution in [3.63, 3.8) is 0 Å². The predicted octanol–water partition coefficient (Wildman–Crippen LogP) is 4.80. The number of hydrogen-bond acceptors (Lipinski definition) is 3. The van der Waals surface area contributed by atoms with Gasteiger partial charge in [0.25, 0.3) is 5.91 Å². The van der Waals surface area contributed by atoms with Crippen molar-refractivity contribution in [1.29, 1.82) is 0 Å². The number of amides is 1. The van der Waals surface area contributed by atoms with Crippen molar-refractivity contribution < 1.29 is 19.4 Å². The summed E-state index contributed by atoms with van der Waals surface area (Å²) < 4.78 is 5.82. The van der Waals surface area contributed by atoms with Crippen LogP contribution in [0, 0.1) is 0 Å². The van der Waals surface area contributed by atoms with Crippen LogP contribution in [0.3, 0.4) is 0 Å². The lowest BCUT2D eigenvalue weighted by Crippen LogP contribution is -2.14. The van der Waals surface area contributed by atoms with E-state index in [1.54, 1.807) is 42.5 Å². The summed E-state index contributed by atoms with van der Waals surface area (Å²) in [4.78, 5) is 23.5. The third-order valence-electron chi connectivity index (χ3n) is 4.01. The highest BCUT2D eigenvalue weighted by molar-refractivity contribution is 6.34. The fraction of sp³-hybridized carbons (Fsp3) is 0.0909. The number of ether oxygens (including phenoxy) is 1. The van der Waals surface area contributed by atoms with Gasteiger partial charge in [0, 0.05) is 5.69 Å². The Kier molecular flexibility index (Phi) is 6.29. The summed E-state index contributed by atoms with van der Waals surface area (Å²) in [6.07, 6.45) is -0.0732. The average Bonchev–Trinajstić information content (AvgIpc) is 2.68. The Hall–Kier alpha value is -3.31. The zero-order chi connectivity index (χ0) is 19.9. The van der Waals surface area contributed by atoms with Gasteiger partial charge in [0.1, 0.15) is 17.9 Å². The SMILES string of the molecule is O=C(O)Cc1ccc(NC(=O)c2c(Cl)cccc2OCc2ccccc2)cc1. The maximum absolute atomic E-state index is 12.8. The fourth-order valence-corrected chi connectivity index (χ4v) is 2.91. The predicted molar refractivity (Wildman–Crippen MR) is 108 cm³/mol. The molecule has 0 radical (unpaired) electrons. The van der Waals surface area contributed by atoms with Crippen molar-refractivity contribution in [2.75, 3.05) is 5.32 Å². The zero-order valence-electron chi connectivity index (χ0n) is 14.9. The lowest BCUT2D eigenvalue weighted by Gasteiger charge is -2.13. The van der Waals surface area contributed by atoms with E-state index in [9.17, 15) is 9.59 Å². The first-order valence-electron chi connectivity index (χ1n) is 8.60. The molecule has 6 heteroatoms. The van der Waals surface area contributed by atoms with Gasteiger partial charge in [0.15, 0.2) is 0 Å². The Morgan fingerprint density at radius 2 is 1.61 bits per heavy atom. The molecule has 2 N–H and O–H groups in total. The number of carboxylic acids is 1. The summed E-state index contributed by atoms with van der Waals surface area (Å²) >= 11 is 6.25. The highest BCUT2D eigenvalue weighted by atomic mass is 35.5. The van der Waals surface area contributed by atoms with E-state index in [2.05, 4.69) is 5.32 Å². The molecule has 0 saturated carbocycles. The number of aliphatic carboxylic acids is 1. The van der Waals surface area contributed by atoms with Crippen molar-refractivity contribution >= 4 is 29.2 Å². The monoisotopic (exact) mass is 395 g/mol. The van der Waals surface area contributed by atoms with Crippen LogP contribution in [-0.2, 0) is 17.8 Å². The van der Waals surface area contributed by atoms with Gasteiger partial charge in [-0.2, -0.15) is 0 Å². The molecule has 0 saturated heterocycles. The maximum atomic E-state index is 12.8. The first kappa shape index (κ1) is 19.5. The van der Waals surface area contributed by atoms with E-state index in [-0.39, 0.29) is 17.0 Å². The van der Waals surface area contributed by atoms with Gasteiger partial charge in [0.2, 0.25) is 0 Å². The number of rotatable bonds is 7. The molecule has 0 aromatic heterocycles. The fourth-order valence-electron chi connectivity index (χ4n) is 2.65. The minimum Gasteiger partial charge on any atom is -0.488 e. The molecule has 3 aromatic rings. The van der Waals surface area contributed by atoms with Gasteiger partial charge in [-0.15, -0.1) is 0 Å².